The van der Waals surface area contributed by atoms with E-state index in [4.69, 9.17) is 19.4 Å². The van der Waals surface area contributed by atoms with Crippen molar-refractivity contribution in [3.63, 3.8) is 0 Å². The first-order chi connectivity index (χ1) is 16.0. The van der Waals surface area contributed by atoms with E-state index in [9.17, 15) is 9.90 Å². The summed E-state index contributed by atoms with van der Waals surface area (Å²) in [5, 5.41) is 17.0. The van der Waals surface area contributed by atoms with Crippen molar-refractivity contribution < 1.29 is 19.4 Å². The summed E-state index contributed by atoms with van der Waals surface area (Å²) in [4.78, 5) is 22.7. The number of likely N-dealkylation sites (N-methyl/N-ethyl adjacent to an activating group) is 1. The number of carbonyl (C=O) groups is 1. The zero-order chi connectivity index (χ0) is 22.9. The Bertz CT molecular complexity index is 1320. The fourth-order valence-corrected chi connectivity index (χ4v) is 4.13. The number of carboxylic acid groups (broad SMARTS) is 1. The largest absolute Gasteiger partial charge is 0.497 e. The molecule has 0 aliphatic carbocycles. The number of H-pyrrole nitrogens is 1. The van der Waals surface area contributed by atoms with E-state index in [1.807, 2.05) is 42.6 Å². The van der Waals surface area contributed by atoms with Crippen molar-refractivity contribution in [2.45, 2.75) is 12.3 Å². The zero-order valence-electron chi connectivity index (χ0n) is 18.3. The van der Waals surface area contributed by atoms with Crippen LogP contribution in [0.5, 0.6) is 11.5 Å². The highest BCUT2D eigenvalue weighted by atomic mass is 16.5. The van der Waals surface area contributed by atoms with Crippen molar-refractivity contribution >= 4 is 22.7 Å². The Labute approximate surface area is 190 Å². The van der Waals surface area contributed by atoms with Crippen LogP contribution < -0.4 is 14.4 Å². The number of ether oxygens (including phenoxy) is 2. The molecule has 4 aromatic rings. The Morgan fingerprint density at radius 1 is 1.24 bits per heavy atom. The molecule has 2 aromatic heterocycles. The fraction of sp³-hybridized carbons (Fsp3) is 0.250. The number of aliphatic carboxylic acids is 1. The third kappa shape index (κ3) is 4.05. The third-order valence-corrected chi connectivity index (χ3v) is 5.80. The van der Waals surface area contributed by atoms with Gasteiger partial charge < -0.3 is 19.5 Å². The fourth-order valence-electron chi connectivity index (χ4n) is 4.13. The lowest BCUT2D eigenvalue weighted by atomic mass is 9.95. The molecule has 9 heteroatoms. The van der Waals surface area contributed by atoms with Crippen molar-refractivity contribution in [1.82, 2.24) is 20.2 Å². The van der Waals surface area contributed by atoms with Crippen LogP contribution >= 0.6 is 0 Å². The highest BCUT2D eigenvalue weighted by Crippen LogP contribution is 2.36. The molecular weight excluding hydrogens is 422 g/mol. The summed E-state index contributed by atoms with van der Waals surface area (Å²) >= 11 is 0. The molecule has 2 aromatic carbocycles. The molecule has 1 aliphatic heterocycles. The minimum absolute atomic E-state index is 0.0699. The van der Waals surface area contributed by atoms with E-state index < -0.39 is 5.97 Å². The van der Waals surface area contributed by atoms with Gasteiger partial charge in [-0.2, -0.15) is 5.10 Å². The number of nitrogens with zero attached hydrogens (tertiary/aromatic N) is 4. The lowest BCUT2D eigenvalue weighted by Gasteiger charge is -2.26. The first kappa shape index (κ1) is 20.7. The standard InChI is InChI=1S/C24H23N5O4/c1-29(12-22(30)31)24-19-9-14(17-10-25-26-11-17)3-5-20(19)27-23(28-24)16-7-15-8-18(32-2)4-6-21(15)33-13-16/h3-6,8-11,16H,7,12-13H2,1-2H3,(H,25,26)(H,30,31)/t16-/m0/s1. The first-order valence-electron chi connectivity index (χ1n) is 10.6. The number of benzene rings is 2. The number of methoxy groups -OCH3 is 1. The van der Waals surface area contributed by atoms with E-state index in [0.29, 0.717) is 24.7 Å². The quantitative estimate of drug-likeness (QED) is 0.465. The number of hydrogen-bond acceptors (Lipinski definition) is 7. The van der Waals surface area contributed by atoms with Crippen LogP contribution in [0.3, 0.4) is 0 Å². The maximum Gasteiger partial charge on any atom is 0.323 e. The number of nitrogens with one attached hydrogen (secondary N) is 1. The molecule has 0 unspecified atom stereocenters. The van der Waals surface area contributed by atoms with Gasteiger partial charge in [0.15, 0.2) is 0 Å². The van der Waals surface area contributed by atoms with E-state index in [2.05, 4.69) is 10.2 Å². The molecule has 168 valence electrons. The van der Waals surface area contributed by atoms with Gasteiger partial charge in [-0.15, -0.1) is 0 Å². The van der Waals surface area contributed by atoms with E-state index in [-0.39, 0.29) is 12.5 Å². The summed E-state index contributed by atoms with van der Waals surface area (Å²) < 4.78 is 11.3. The summed E-state index contributed by atoms with van der Waals surface area (Å²) in [6, 6.07) is 11.6. The summed E-state index contributed by atoms with van der Waals surface area (Å²) in [5.41, 5.74) is 3.65. The minimum Gasteiger partial charge on any atom is -0.497 e. The number of aromatic nitrogens is 4. The van der Waals surface area contributed by atoms with Crippen LogP contribution in [0.1, 0.15) is 17.3 Å². The Morgan fingerprint density at radius 2 is 2.12 bits per heavy atom. The third-order valence-electron chi connectivity index (χ3n) is 5.80. The normalized spacial score (nSPS) is 15.0. The van der Waals surface area contributed by atoms with Crippen LogP contribution in [0.2, 0.25) is 0 Å². The number of anilines is 1. The highest BCUT2D eigenvalue weighted by molar-refractivity contribution is 5.94. The van der Waals surface area contributed by atoms with Gasteiger partial charge in [0.1, 0.15) is 29.7 Å². The van der Waals surface area contributed by atoms with Crippen LogP contribution in [-0.4, -0.2) is 58.6 Å². The number of fused-ring (bicyclic) bond motifs is 2. The van der Waals surface area contributed by atoms with E-state index in [1.165, 1.54) is 0 Å². The molecule has 2 N–H and O–H groups in total. The van der Waals surface area contributed by atoms with E-state index in [0.717, 1.165) is 39.1 Å². The van der Waals surface area contributed by atoms with E-state index >= 15 is 0 Å². The molecule has 33 heavy (non-hydrogen) atoms. The van der Waals surface area contributed by atoms with E-state index in [1.54, 1.807) is 25.3 Å². The average Bonchev–Trinajstić information content (AvgIpc) is 3.37. The molecular formula is C24H23N5O4. The van der Waals surface area contributed by atoms with Gasteiger partial charge in [0.05, 0.1) is 31.3 Å². The van der Waals surface area contributed by atoms with Crippen LogP contribution in [0, 0.1) is 0 Å². The highest BCUT2D eigenvalue weighted by Gasteiger charge is 2.26. The van der Waals surface area contributed by atoms with Gasteiger partial charge in [-0.3, -0.25) is 9.89 Å². The molecule has 0 amide bonds. The van der Waals surface area contributed by atoms with Gasteiger partial charge in [0, 0.05) is 24.2 Å². The summed E-state index contributed by atoms with van der Waals surface area (Å²) in [7, 11) is 3.36. The molecule has 9 nitrogen and oxygen atoms in total. The second-order valence-electron chi connectivity index (χ2n) is 8.06. The number of hydrogen-bond donors (Lipinski definition) is 2. The maximum atomic E-state index is 11.4. The first-order valence-corrected chi connectivity index (χ1v) is 10.6. The Kier molecular flexibility index (Phi) is 5.29. The van der Waals surface area contributed by atoms with Crippen molar-refractivity contribution in [3.05, 3.63) is 60.2 Å². The zero-order valence-corrected chi connectivity index (χ0v) is 18.3. The second kappa shape index (κ2) is 8.42. The Balaban J connectivity index is 1.58. The van der Waals surface area contributed by atoms with Gasteiger partial charge in [-0.25, -0.2) is 9.97 Å². The lowest BCUT2D eigenvalue weighted by Crippen LogP contribution is -2.28. The molecule has 3 heterocycles. The molecule has 0 spiro atoms. The second-order valence-corrected chi connectivity index (χ2v) is 8.06. The Morgan fingerprint density at radius 3 is 2.88 bits per heavy atom. The maximum absolute atomic E-state index is 11.4. The summed E-state index contributed by atoms with van der Waals surface area (Å²) in [6.45, 7) is 0.267. The van der Waals surface area contributed by atoms with Gasteiger partial charge in [-0.1, -0.05) is 6.07 Å². The lowest BCUT2D eigenvalue weighted by molar-refractivity contribution is -0.135. The molecule has 1 atom stereocenters. The average molecular weight is 445 g/mol. The molecule has 0 saturated heterocycles. The number of carboxylic acids is 1. The molecule has 0 fully saturated rings. The van der Waals surface area contributed by atoms with Crippen molar-refractivity contribution in [2.24, 2.45) is 0 Å². The van der Waals surface area contributed by atoms with Crippen LogP contribution in [-0.2, 0) is 11.2 Å². The number of rotatable bonds is 6. The van der Waals surface area contributed by atoms with Crippen molar-refractivity contribution in [2.75, 3.05) is 32.2 Å². The monoisotopic (exact) mass is 445 g/mol. The van der Waals surface area contributed by atoms with Crippen LogP contribution in [0.25, 0.3) is 22.0 Å². The van der Waals surface area contributed by atoms with Crippen LogP contribution in [0.4, 0.5) is 5.82 Å². The predicted octanol–water partition coefficient (Wildman–Crippen LogP) is 3.27. The molecule has 1 aliphatic rings. The van der Waals surface area contributed by atoms with Gasteiger partial charge in [0.25, 0.3) is 0 Å². The van der Waals surface area contributed by atoms with Crippen LogP contribution in [0.15, 0.2) is 48.8 Å². The van der Waals surface area contributed by atoms with Crippen molar-refractivity contribution in [3.8, 4) is 22.6 Å². The van der Waals surface area contributed by atoms with Gasteiger partial charge in [0.2, 0.25) is 0 Å². The predicted molar refractivity (Wildman–Crippen MR) is 123 cm³/mol. The number of aromatic amines is 1. The van der Waals surface area contributed by atoms with Gasteiger partial charge >= 0.3 is 5.97 Å². The smallest absolute Gasteiger partial charge is 0.323 e. The topological polar surface area (TPSA) is 113 Å². The Hall–Kier alpha value is -4.14. The summed E-state index contributed by atoms with van der Waals surface area (Å²) in [6.07, 6.45) is 4.25. The minimum atomic E-state index is -0.932. The molecule has 5 rings (SSSR count). The van der Waals surface area contributed by atoms with Crippen molar-refractivity contribution in [1.29, 1.82) is 0 Å². The molecule has 0 bridgehead atoms. The SMILES string of the molecule is COc1ccc2c(c1)C[C@H](c1nc(N(C)CC(=O)O)c3cc(-c4cn[nH]c4)ccc3n1)CO2. The molecule has 0 saturated carbocycles. The van der Waals surface area contributed by atoms with Gasteiger partial charge in [-0.05, 0) is 47.9 Å². The molecule has 0 radical (unpaired) electrons. The summed E-state index contributed by atoms with van der Waals surface area (Å²) in [5.74, 6) is 1.80.